The summed E-state index contributed by atoms with van der Waals surface area (Å²) in [5.41, 5.74) is 3.50. The normalized spacial score (nSPS) is 24.6. The number of benzene rings is 6. The number of ether oxygens (including phenoxy) is 6. The lowest BCUT2D eigenvalue weighted by Gasteiger charge is -2.53. The predicted octanol–water partition coefficient (Wildman–Crippen LogP) is 9.90. The van der Waals surface area contributed by atoms with E-state index >= 15 is 0 Å². The Hall–Kier alpha value is -4.09. The summed E-state index contributed by atoms with van der Waals surface area (Å²) in [4.78, 5) is 1.03. The fraction of sp³-hybridized carbons (Fsp3) is 0.255. The van der Waals surface area contributed by atoms with Crippen molar-refractivity contribution in [2.24, 2.45) is 0 Å². The molecule has 0 saturated carbocycles. The van der Waals surface area contributed by atoms with Gasteiger partial charge in [0.05, 0.1) is 26.4 Å². The zero-order chi connectivity index (χ0) is 38.2. The SMILES string of the molecule is N#C[C@]1(Cc2ccccc2I)O[C@H]2[C@H](OCc3ccc4ccccc4c3)[C@H](OCc3ccccc3)[C@@H](Sc3ccccc3)O[C@@H]2[C@@H](COCc2ccccc2)O1. The highest BCUT2D eigenvalue weighted by Crippen LogP contribution is 2.44. The van der Waals surface area contributed by atoms with Crippen LogP contribution < -0.4 is 0 Å². The summed E-state index contributed by atoms with van der Waals surface area (Å²) in [7, 11) is 0. The second-order valence-electron chi connectivity index (χ2n) is 14.0. The first-order chi connectivity index (χ1) is 27.6. The first kappa shape index (κ1) is 38.8. The first-order valence-corrected chi connectivity index (χ1v) is 20.8. The molecule has 8 rings (SSSR count). The Morgan fingerprint density at radius 3 is 1.98 bits per heavy atom. The van der Waals surface area contributed by atoms with E-state index in [0.29, 0.717) is 19.8 Å². The topological polar surface area (TPSA) is 79.2 Å². The molecule has 0 spiro atoms. The van der Waals surface area contributed by atoms with E-state index in [0.717, 1.165) is 41.5 Å². The summed E-state index contributed by atoms with van der Waals surface area (Å²) in [6.45, 7) is 1.17. The van der Waals surface area contributed by atoms with Crippen molar-refractivity contribution >= 4 is 45.1 Å². The van der Waals surface area contributed by atoms with Crippen LogP contribution in [-0.2, 0) is 54.7 Å². The summed E-state index contributed by atoms with van der Waals surface area (Å²) in [5, 5.41) is 13.3. The number of hydrogen-bond acceptors (Lipinski definition) is 8. The quantitative estimate of drug-likeness (QED) is 0.100. The molecule has 284 valence electrons. The summed E-state index contributed by atoms with van der Waals surface area (Å²) in [5.74, 6) is -1.65. The van der Waals surface area contributed by atoms with E-state index in [1.807, 2.05) is 115 Å². The maximum atomic E-state index is 11.0. The fourth-order valence-electron chi connectivity index (χ4n) is 7.27. The van der Waals surface area contributed by atoms with Crippen molar-refractivity contribution in [1.82, 2.24) is 0 Å². The molecule has 2 heterocycles. The first-order valence-electron chi connectivity index (χ1n) is 18.8. The third-order valence-electron chi connectivity index (χ3n) is 10.0. The van der Waals surface area contributed by atoms with Crippen LogP contribution in [0.4, 0.5) is 0 Å². The van der Waals surface area contributed by atoms with Gasteiger partial charge in [-0.1, -0.05) is 145 Å². The number of nitriles is 1. The van der Waals surface area contributed by atoms with Crippen molar-refractivity contribution in [3.8, 4) is 6.07 Å². The summed E-state index contributed by atoms with van der Waals surface area (Å²) in [6, 6.07) is 55.3. The fourth-order valence-corrected chi connectivity index (χ4v) is 8.99. The third-order valence-corrected chi connectivity index (χ3v) is 12.3. The highest BCUT2D eigenvalue weighted by molar-refractivity contribution is 14.1. The van der Waals surface area contributed by atoms with Gasteiger partial charge < -0.3 is 28.4 Å². The van der Waals surface area contributed by atoms with Crippen LogP contribution >= 0.6 is 34.4 Å². The molecule has 0 radical (unpaired) electrons. The number of nitrogens with zero attached hydrogens (tertiary/aromatic N) is 1. The molecule has 7 atom stereocenters. The molecule has 7 nitrogen and oxygen atoms in total. The average Bonchev–Trinajstić information content (AvgIpc) is 3.24. The number of thioether (sulfide) groups is 1. The highest BCUT2D eigenvalue weighted by Gasteiger charge is 2.59. The molecular formula is C47H42INO6S. The van der Waals surface area contributed by atoms with Crippen molar-refractivity contribution in [3.63, 3.8) is 0 Å². The van der Waals surface area contributed by atoms with Gasteiger partial charge in [0.15, 0.2) is 0 Å². The van der Waals surface area contributed by atoms with Crippen LogP contribution in [0.1, 0.15) is 22.3 Å². The van der Waals surface area contributed by atoms with Crippen molar-refractivity contribution in [3.05, 3.63) is 184 Å². The van der Waals surface area contributed by atoms with Crippen molar-refractivity contribution in [2.75, 3.05) is 6.61 Å². The molecule has 0 unspecified atom stereocenters. The van der Waals surface area contributed by atoms with Crippen molar-refractivity contribution in [2.45, 2.75) is 72.9 Å². The Kier molecular flexibility index (Phi) is 12.8. The Balaban J connectivity index is 1.18. The second kappa shape index (κ2) is 18.4. The van der Waals surface area contributed by atoms with E-state index in [1.54, 1.807) is 11.8 Å². The molecular weight excluding hydrogens is 833 g/mol. The van der Waals surface area contributed by atoms with Gasteiger partial charge in [-0.15, -0.1) is 0 Å². The maximum absolute atomic E-state index is 11.0. The van der Waals surface area contributed by atoms with Crippen LogP contribution in [-0.4, -0.2) is 48.3 Å². The molecule has 2 fully saturated rings. The van der Waals surface area contributed by atoms with Gasteiger partial charge in [0, 0.05) is 14.9 Å². The third kappa shape index (κ3) is 9.37. The number of fused-ring (bicyclic) bond motifs is 2. The number of halogens is 1. The van der Waals surface area contributed by atoms with Gasteiger partial charge in [-0.3, -0.25) is 0 Å². The Bertz CT molecular complexity index is 2220. The molecule has 2 saturated heterocycles. The molecule has 0 aromatic heterocycles. The minimum absolute atomic E-state index is 0.171. The van der Waals surface area contributed by atoms with Crippen LogP contribution in [0.25, 0.3) is 10.8 Å². The monoisotopic (exact) mass is 875 g/mol. The van der Waals surface area contributed by atoms with E-state index in [1.165, 1.54) is 0 Å². The number of rotatable bonds is 14. The van der Waals surface area contributed by atoms with Crippen LogP contribution in [0, 0.1) is 14.9 Å². The summed E-state index contributed by atoms with van der Waals surface area (Å²) in [6.07, 6.45) is -3.12. The van der Waals surface area contributed by atoms with E-state index in [4.69, 9.17) is 28.4 Å². The smallest absolute Gasteiger partial charge is 0.264 e. The lowest BCUT2D eigenvalue weighted by Crippen LogP contribution is -2.69. The average molecular weight is 876 g/mol. The summed E-state index contributed by atoms with van der Waals surface area (Å²) >= 11 is 3.87. The van der Waals surface area contributed by atoms with Gasteiger partial charge in [0.1, 0.15) is 42.0 Å². The van der Waals surface area contributed by atoms with Gasteiger partial charge >= 0.3 is 0 Å². The van der Waals surface area contributed by atoms with Crippen LogP contribution in [0.5, 0.6) is 0 Å². The zero-order valence-electron chi connectivity index (χ0n) is 30.7. The molecule has 6 aromatic rings. The molecule has 0 amide bonds. The van der Waals surface area contributed by atoms with E-state index in [9.17, 15) is 5.26 Å². The molecule has 6 aromatic carbocycles. The molecule has 9 heteroatoms. The van der Waals surface area contributed by atoms with Crippen LogP contribution in [0.15, 0.2) is 163 Å². The van der Waals surface area contributed by atoms with Gasteiger partial charge in [-0.05, 0) is 79.9 Å². The Labute approximate surface area is 346 Å². The lowest BCUT2D eigenvalue weighted by molar-refractivity contribution is -0.376. The Morgan fingerprint density at radius 2 is 1.25 bits per heavy atom. The number of hydrogen-bond donors (Lipinski definition) is 0. The lowest BCUT2D eigenvalue weighted by atomic mass is 9.92. The van der Waals surface area contributed by atoms with E-state index in [2.05, 4.69) is 71.1 Å². The minimum Gasteiger partial charge on any atom is -0.374 e. The van der Waals surface area contributed by atoms with E-state index < -0.39 is 41.7 Å². The molecule has 2 aliphatic heterocycles. The second-order valence-corrected chi connectivity index (χ2v) is 16.3. The molecule has 2 aliphatic rings. The van der Waals surface area contributed by atoms with Crippen molar-refractivity contribution < 1.29 is 28.4 Å². The van der Waals surface area contributed by atoms with Crippen LogP contribution in [0.2, 0.25) is 0 Å². The van der Waals surface area contributed by atoms with E-state index in [-0.39, 0.29) is 13.0 Å². The largest absolute Gasteiger partial charge is 0.374 e. The highest BCUT2D eigenvalue weighted by atomic mass is 127. The minimum atomic E-state index is -1.65. The molecule has 0 aliphatic carbocycles. The van der Waals surface area contributed by atoms with Crippen LogP contribution in [0.3, 0.4) is 0 Å². The summed E-state index contributed by atoms with van der Waals surface area (Å²) < 4.78 is 42.1. The predicted molar refractivity (Wildman–Crippen MR) is 226 cm³/mol. The molecule has 0 bridgehead atoms. The van der Waals surface area contributed by atoms with Crippen molar-refractivity contribution in [1.29, 1.82) is 5.26 Å². The van der Waals surface area contributed by atoms with Gasteiger partial charge in [0.25, 0.3) is 5.79 Å². The zero-order valence-corrected chi connectivity index (χ0v) is 33.7. The standard InChI is InChI=1S/C47H42INO6S/c48-40-23-13-12-20-38(40)27-47(32-49)54-41(31-50-28-33-14-4-1-5-15-33)42-44(55-47)43(51-30-35-24-25-36-18-10-11-19-37(36)26-35)45(52-29-34-16-6-2-7-17-34)46(53-42)56-39-21-8-3-9-22-39/h1-26,41-46H,27-31H2/t41-,42-,43+,44-,45+,46-,47+/m1/s1. The van der Waals surface area contributed by atoms with Gasteiger partial charge in [-0.2, -0.15) is 5.26 Å². The molecule has 0 N–H and O–H groups in total. The van der Waals surface area contributed by atoms with Gasteiger partial charge in [0.2, 0.25) is 0 Å². The van der Waals surface area contributed by atoms with Gasteiger partial charge in [-0.25, -0.2) is 0 Å². The molecule has 56 heavy (non-hydrogen) atoms. The maximum Gasteiger partial charge on any atom is 0.264 e. The Morgan fingerprint density at radius 1 is 0.625 bits per heavy atom.